The van der Waals surface area contributed by atoms with E-state index in [1.54, 1.807) is 20.4 Å². The molecule has 0 spiro atoms. The van der Waals surface area contributed by atoms with Crippen LogP contribution in [0, 0.1) is 5.92 Å². The fourth-order valence-electron chi connectivity index (χ4n) is 3.56. The Morgan fingerprint density at radius 1 is 1.18 bits per heavy atom. The Morgan fingerprint density at radius 2 is 1.95 bits per heavy atom. The molecular weight excluding hydrogens is 278 g/mol. The Bertz CT molecular complexity index is 759. The van der Waals surface area contributed by atoms with Gasteiger partial charge in [0.05, 0.1) is 37.0 Å². The summed E-state index contributed by atoms with van der Waals surface area (Å²) in [6.07, 6.45) is 10.00. The number of hydrogen-bond donors (Lipinski definition) is 1. The van der Waals surface area contributed by atoms with Crippen LogP contribution in [0.2, 0.25) is 0 Å². The molecule has 2 aromatic rings. The molecule has 2 atom stereocenters. The first-order valence-corrected chi connectivity index (χ1v) is 7.58. The van der Waals surface area contributed by atoms with Gasteiger partial charge in [0.2, 0.25) is 0 Å². The first-order chi connectivity index (χ1) is 10.7. The second kappa shape index (κ2) is 4.87. The maximum absolute atomic E-state index is 5.34. The lowest BCUT2D eigenvalue weighted by molar-refractivity contribution is 0.355. The first-order valence-electron chi connectivity index (χ1n) is 7.58. The van der Waals surface area contributed by atoms with Crippen LogP contribution in [-0.2, 0) is 0 Å². The molecule has 1 heterocycles. The molecule has 114 valence electrons. The van der Waals surface area contributed by atoms with Gasteiger partial charge in [-0.25, -0.2) is 4.98 Å². The van der Waals surface area contributed by atoms with Crippen LogP contribution in [0.1, 0.15) is 19.3 Å². The summed E-state index contributed by atoms with van der Waals surface area (Å²) in [5.41, 5.74) is 1.67. The molecule has 2 bridgehead atoms. The summed E-state index contributed by atoms with van der Waals surface area (Å²) in [6, 6.07) is 3.72. The average molecular weight is 297 g/mol. The zero-order valence-corrected chi connectivity index (χ0v) is 12.8. The molecule has 2 aliphatic carbocycles. The third-order valence-electron chi connectivity index (χ3n) is 4.70. The number of benzene rings is 1. The minimum absolute atomic E-state index is 0.0730. The van der Waals surface area contributed by atoms with Gasteiger partial charge in [0.15, 0.2) is 11.5 Å². The van der Waals surface area contributed by atoms with Crippen molar-refractivity contribution in [1.29, 1.82) is 0 Å². The van der Waals surface area contributed by atoms with Crippen LogP contribution in [-0.4, -0.2) is 29.7 Å². The van der Waals surface area contributed by atoms with Crippen LogP contribution in [0.4, 0.5) is 5.82 Å². The van der Waals surface area contributed by atoms with Gasteiger partial charge >= 0.3 is 0 Å². The molecule has 5 nitrogen and oxygen atoms in total. The highest BCUT2D eigenvalue weighted by Crippen LogP contribution is 2.44. The van der Waals surface area contributed by atoms with Gasteiger partial charge in [-0.05, 0) is 25.2 Å². The third-order valence-corrected chi connectivity index (χ3v) is 4.70. The summed E-state index contributed by atoms with van der Waals surface area (Å²) in [4.78, 5) is 9.19. The van der Waals surface area contributed by atoms with E-state index in [2.05, 4.69) is 22.5 Å². The number of aromatic nitrogens is 2. The van der Waals surface area contributed by atoms with Crippen molar-refractivity contribution in [2.45, 2.75) is 24.8 Å². The molecule has 1 fully saturated rings. The lowest BCUT2D eigenvalue weighted by atomic mass is 9.99. The molecule has 1 aromatic carbocycles. The Morgan fingerprint density at radius 3 is 2.55 bits per heavy atom. The lowest BCUT2D eigenvalue weighted by Gasteiger charge is -2.25. The molecular formula is C17H19N3O2. The highest BCUT2D eigenvalue weighted by Gasteiger charge is 2.40. The van der Waals surface area contributed by atoms with Crippen molar-refractivity contribution in [3.63, 3.8) is 0 Å². The van der Waals surface area contributed by atoms with Gasteiger partial charge in [-0.1, -0.05) is 12.2 Å². The van der Waals surface area contributed by atoms with Gasteiger partial charge in [0, 0.05) is 12.1 Å². The van der Waals surface area contributed by atoms with Crippen LogP contribution < -0.4 is 14.8 Å². The second-order valence-corrected chi connectivity index (χ2v) is 6.09. The molecule has 1 saturated carbocycles. The van der Waals surface area contributed by atoms with Crippen LogP contribution in [0.25, 0.3) is 11.0 Å². The molecule has 2 aliphatic rings. The Kier molecular flexibility index (Phi) is 2.96. The summed E-state index contributed by atoms with van der Waals surface area (Å²) < 4.78 is 10.6. The van der Waals surface area contributed by atoms with Gasteiger partial charge in [-0.3, -0.25) is 4.98 Å². The number of nitrogens with zero attached hydrogens (tertiary/aromatic N) is 2. The molecule has 5 heteroatoms. The van der Waals surface area contributed by atoms with Crippen LogP contribution in [0.5, 0.6) is 11.5 Å². The predicted octanol–water partition coefficient (Wildman–Crippen LogP) is 3.17. The van der Waals surface area contributed by atoms with E-state index in [1.807, 2.05) is 12.1 Å². The number of anilines is 1. The molecule has 4 rings (SSSR count). The maximum atomic E-state index is 5.34. The van der Waals surface area contributed by atoms with Crippen LogP contribution >= 0.6 is 0 Å². The predicted molar refractivity (Wildman–Crippen MR) is 85.5 cm³/mol. The summed E-state index contributed by atoms with van der Waals surface area (Å²) in [5, 5.41) is 3.57. The van der Waals surface area contributed by atoms with E-state index < -0.39 is 0 Å². The van der Waals surface area contributed by atoms with Gasteiger partial charge in [-0.2, -0.15) is 0 Å². The number of rotatable bonds is 4. The topological polar surface area (TPSA) is 56.3 Å². The number of ether oxygens (including phenoxy) is 2. The zero-order chi connectivity index (χ0) is 15.2. The minimum atomic E-state index is 0.0730. The van der Waals surface area contributed by atoms with E-state index in [4.69, 9.17) is 14.5 Å². The molecule has 0 saturated heterocycles. The van der Waals surface area contributed by atoms with Crippen molar-refractivity contribution in [2.75, 3.05) is 19.5 Å². The summed E-state index contributed by atoms with van der Waals surface area (Å²) >= 11 is 0. The molecule has 1 aromatic heterocycles. The normalized spacial score (nSPS) is 25.6. The number of fused-ring (bicyclic) bond motifs is 3. The highest BCUT2D eigenvalue weighted by molar-refractivity contribution is 5.80. The minimum Gasteiger partial charge on any atom is -0.493 e. The monoisotopic (exact) mass is 297 g/mol. The lowest BCUT2D eigenvalue weighted by Crippen LogP contribution is -2.31. The van der Waals surface area contributed by atoms with Gasteiger partial charge in [0.25, 0.3) is 0 Å². The van der Waals surface area contributed by atoms with Gasteiger partial charge in [0.1, 0.15) is 5.82 Å². The van der Waals surface area contributed by atoms with Crippen LogP contribution in [0.15, 0.2) is 30.5 Å². The number of hydrogen-bond acceptors (Lipinski definition) is 5. The van der Waals surface area contributed by atoms with E-state index >= 15 is 0 Å². The molecule has 2 unspecified atom stereocenters. The number of methoxy groups -OCH3 is 2. The number of nitrogens with one attached hydrogen (secondary N) is 1. The van der Waals surface area contributed by atoms with Crippen LogP contribution in [0.3, 0.4) is 0 Å². The standard InChI is InChI=1S/C17H19N3O2/c1-21-14-7-12-13(8-15(14)22-2)19-16(10-18-12)20-17-5-3-11(9-17)4-6-17/h3,5,7-8,10-11H,4,6,9H2,1-2H3,(H,19,20). The zero-order valence-electron chi connectivity index (χ0n) is 12.8. The Balaban J connectivity index is 1.69. The molecule has 0 amide bonds. The van der Waals surface area contributed by atoms with Crippen molar-refractivity contribution in [2.24, 2.45) is 5.92 Å². The van der Waals surface area contributed by atoms with Crippen molar-refractivity contribution < 1.29 is 9.47 Å². The first kappa shape index (κ1) is 13.4. The Labute approximate surface area is 129 Å². The maximum Gasteiger partial charge on any atom is 0.163 e. The van der Waals surface area contributed by atoms with E-state index in [1.165, 1.54) is 19.3 Å². The average Bonchev–Trinajstić information content (AvgIpc) is 3.13. The second-order valence-electron chi connectivity index (χ2n) is 6.09. The van der Waals surface area contributed by atoms with Gasteiger partial charge in [-0.15, -0.1) is 0 Å². The summed E-state index contributed by atoms with van der Waals surface area (Å²) in [6.45, 7) is 0. The van der Waals surface area contributed by atoms with E-state index in [9.17, 15) is 0 Å². The molecule has 22 heavy (non-hydrogen) atoms. The van der Waals surface area contributed by atoms with Gasteiger partial charge < -0.3 is 14.8 Å². The Hall–Kier alpha value is -2.30. The van der Waals surface area contributed by atoms with Crippen molar-refractivity contribution in [1.82, 2.24) is 9.97 Å². The van der Waals surface area contributed by atoms with Crippen molar-refractivity contribution >= 4 is 16.9 Å². The van der Waals surface area contributed by atoms with E-state index in [-0.39, 0.29) is 5.54 Å². The molecule has 0 aliphatic heterocycles. The summed E-state index contributed by atoms with van der Waals surface area (Å²) in [7, 11) is 3.25. The van der Waals surface area contributed by atoms with E-state index in [0.717, 1.165) is 22.8 Å². The fourth-order valence-corrected chi connectivity index (χ4v) is 3.56. The smallest absolute Gasteiger partial charge is 0.163 e. The van der Waals surface area contributed by atoms with Crippen molar-refractivity contribution in [3.8, 4) is 11.5 Å². The largest absolute Gasteiger partial charge is 0.493 e. The summed E-state index contributed by atoms with van der Waals surface area (Å²) in [5.74, 6) is 2.87. The number of allylic oxidation sites excluding steroid dienone is 1. The quantitative estimate of drug-likeness (QED) is 0.878. The SMILES string of the molecule is COc1cc2ncc(NC34C=CC(CC3)C4)nc2cc1OC. The molecule has 1 N–H and O–H groups in total. The fraction of sp³-hybridized carbons (Fsp3) is 0.412. The molecule has 0 radical (unpaired) electrons. The third kappa shape index (κ3) is 2.08. The van der Waals surface area contributed by atoms with E-state index in [0.29, 0.717) is 11.5 Å². The highest BCUT2D eigenvalue weighted by atomic mass is 16.5. The van der Waals surface area contributed by atoms with Crippen molar-refractivity contribution in [3.05, 3.63) is 30.5 Å².